The van der Waals surface area contributed by atoms with Crippen LogP contribution in [0.25, 0.3) is 0 Å². The quantitative estimate of drug-likeness (QED) is 0.369. The van der Waals surface area contributed by atoms with Crippen molar-refractivity contribution in [3.63, 3.8) is 0 Å². The monoisotopic (exact) mass is 555 g/mol. The SMILES string of the molecule is C=CCN(CCN1CCOCC1)C(=O)C1N([C@@H](CO)Cc2ccccc2)C(=O)[C@@H]2[C@@H](C(=O)O)[C@@]3(CC)CCC12O3. The predicted molar refractivity (Wildman–Crippen MR) is 146 cm³/mol. The van der Waals surface area contributed by atoms with Crippen molar-refractivity contribution in [3.8, 4) is 0 Å². The zero-order valence-electron chi connectivity index (χ0n) is 23.2. The Bertz CT molecular complexity index is 1110. The molecule has 6 atom stereocenters. The van der Waals surface area contributed by atoms with E-state index < -0.39 is 47.0 Å². The molecule has 1 aromatic rings. The smallest absolute Gasteiger partial charge is 0.310 e. The third kappa shape index (κ3) is 4.74. The van der Waals surface area contributed by atoms with Crippen LogP contribution in [0.5, 0.6) is 0 Å². The number of aliphatic hydroxyl groups excluding tert-OH is 1. The molecule has 4 aliphatic heterocycles. The molecule has 218 valence electrons. The zero-order chi connectivity index (χ0) is 28.5. The second-order valence-corrected chi connectivity index (χ2v) is 11.5. The van der Waals surface area contributed by atoms with Gasteiger partial charge in [0.2, 0.25) is 11.8 Å². The van der Waals surface area contributed by atoms with Gasteiger partial charge in [-0.1, -0.05) is 43.3 Å². The minimum atomic E-state index is -1.25. The molecule has 4 heterocycles. The topological polar surface area (TPSA) is 120 Å². The van der Waals surface area contributed by atoms with Crippen molar-refractivity contribution in [2.45, 2.75) is 55.9 Å². The fourth-order valence-electron chi connectivity index (χ4n) is 7.55. The Morgan fingerprint density at radius 3 is 2.58 bits per heavy atom. The number of aliphatic carboxylic acids is 1. The van der Waals surface area contributed by atoms with Gasteiger partial charge >= 0.3 is 5.97 Å². The van der Waals surface area contributed by atoms with Crippen LogP contribution in [0.4, 0.5) is 0 Å². The number of morpholine rings is 1. The van der Waals surface area contributed by atoms with E-state index in [1.54, 1.807) is 11.0 Å². The van der Waals surface area contributed by atoms with Gasteiger partial charge in [-0.05, 0) is 31.2 Å². The van der Waals surface area contributed by atoms with Crippen LogP contribution in [0, 0.1) is 11.8 Å². The number of hydrogen-bond acceptors (Lipinski definition) is 7. The highest BCUT2D eigenvalue weighted by Crippen LogP contribution is 2.64. The summed E-state index contributed by atoms with van der Waals surface area (Å²) < 4.78 is 12.1. The maximum Gasteiger partial charge on any atom is 0.310 e. The number of carbonyl (C=O) groups excluding carboxylic acids is 2. The molecule has 2 N–H and O–H groups in total. The van der Waals surface area contributed by atoms with Gasteiger partial charge in [-0.25, -0.2) is 0 Å². The first kappa shape index (κ1) is 28.7. The number of hydrogen-bond donors (Lipinski definition) is 2. The number of carboxylic acid groups (broad SMARTS) is 1. The van der Waals surface area contributed by atoms with Gasteiger partial charge in [0.15, 0.2) is 0 Å². The first-order valence-corrected chi connectivity index (χ1v) is 14.4. The minimum absolute atomic E-state index is 0.284. The second-order valence-electron chi connectivity index (χ2n) is 11.5. The van der Waals surface area contributed by atoms with E-state index in [0.29, 0.717) is 52.0 Å². The van der Waals surface area contributed by atoms with E-state index in [-0.39, 0.29) is 19.1 Å². The standard InChI is InChI=1S/C30H41N3O7/c1-3-12-32(14-13-31-15-17-39-18-16-31)27(36)25-30-11-10-29(4-2,40-30)24(28(37)38)23(30)26(35)33(25)22(20-34)19-21-8-6-5-7-9-21/h3,5-9,22-25,34H,1,4,10-20H2,2H3,(H,37,38)/t22-,23+,24+,25?,29-,30?/m1/s1. The maximum absolute atomic E-state index is 14.6. The number of benzene rings is 1. The van der Waals surface area contributed by atoms with Crippen LogP contribution in [0.3, 0.4) is 0 Å². The minimum Gasteiger partial charge on any atom is -0.481 e. The lowest BCUT2D eigenvalue weighted by atomic mass is 9.65. The highest BCUT2D eigenvalue weighted by atomic mass is 16.5. The first-order valence-electron chi connectivity index (χ1n) is 14.4. The molecule has 10 nitrogen and oxygen atoms in total. The number of ether oxygens (including phenoxy) is 2. The molecule has 4 fully saturated rings. The number of rotatable bonds is 12. The van der Waals surface area contributed by atoms with E-state index in [1.165, 1.54) is 4.90 Å². The normalized spacial score (nSPS) is 32.2. The largest absolute Gasteiger partial charge is 0.481 e. The molecule has 2 amide bonds. The van der Waals surface area contributed by atoms with Gasteiger partial charge < -0.3 is 29.5 Å². The number of carboxylic acids is 1. The molecule has 4 saturated heterocycles. The lowest BCUT2D eigenvalue weighted by molar-refractivity contribution is -0.160. The van der Waals surface area contributed by atoms with Crippen LogP contribution >= 0.6 is 0 Å². The van der Waals surface area contributed by atoms with E-state index in [2.05, 4.69) is 11.5 Å². The molecular weight excluding hydrogens is 514 g/mol. The van der Waals surface area contributed by atoms with Crippen molar-refractivity contribution in [2.24, 2.45) is 11.8 Å². The average molecular weight is 556 g/mol. The van der Waals surface area contributed by atoms with Gasteiger partial charge in [0.05, 0.1) is 37.4 Å². The molecule has 40 heavy (non-hydrogen) atoms. The molecule has 0 saturated carbocycles. The summed E-state index contributed by atoms with van der Waals surface area (Å²) in [4.78, 5) is 46.9. The molecule has 2 unspecified atom stereocenters. The molecule has 4 aliphatic rings. The summed E-state index contributed by atoms with van der Waals surface area (Å²) >= 11 is 0. The molecule has 2 bridgehead atoms. The van der Waals surface area contributed by atoms with Crippen LogP contribution in [0.2, 0.25) is 0 Å². The van der Waals surface area contributed by atoms with Crippen molar-refractivity contribution in [2.75, 3.05) is 52.5 Å². The Labute approximate surface area is 235 Å². The molecule has 0 radical (unpaired) electrons. The summed E-state index contributed by atoms with van der Waals surface area (Å²) in [6.45, 7) is 9.58. The van der Waals surface area contributed by atoms with Crippen molar-refractivity contribution in [1.82, 2.24) is 14.7 Å². The van der Waals surface area contributed by atoms with Crippen LogP contribution in [-0.2, 0) is 30.3 Å². The van der Waals surface area contributed by atoms with Crippen molar-refractivity contribution < 1.29 is 34.1 Å². The Kier molecular flexibility index (Phi) is 8.33. The highest BCUT2D eigenvalue weighted by Gasteiger charge is 2.79. The average Bonchev–Trinajstić information content (AvgIpc) is 3.58. The Morgan fingerprint density at radius 2 is 1.95 bits per heavy atom. The van der Waals surface area contributed by atoms with Crippen molar-refractivity contribution >= 4 is 17.8 Å². The van der Waals surface area contributed by atoms with Gasteiger partial charge in [0.25, 0.3) is 0 Å². The lowest BCUT2D eigenvalue weighted by Gasteiger charge is -2.40. The third-order valence-electron chi connectivity index (χ3n) is 9.49. The highest BCUT2D eigenvalue weighted by molar-refractivity contribution is 5.98. The van der Waals surface area contributed by atoms with Crippen molar-refractivity contribution in [3.05, 3.63) is 48.6 Å². The number of fused-ring (bicyclic) bond motifs is 1. The molecular formula is C30H41N3O7. The zero-order valence-corrected chi connectivity index (χ0v) is 23.2. The maximum atomic E-state index is 14.6. The van der Waals surface area contributed by atoms with Gasteiger partial charge in [-0.3, -0.25) is 19.3 Å². The summed E-state index contributed by atoms with van der Waals surface area (Å²) in [5.41, 5.74) is -1.33. The van der Waals surface area contributed by atoms with Crippen molar-refractivity contribution in [1.29, 1.82) is 0 Å². The van der Waals surface area contributed by atoms with E-state index in [1.807, 2.05) is 37.3 Å². The summed E-state index contributed by atoms with van der Waals surface area (Å²) in [5, 5.41) is 20.9. The van der Waals surface area contributed by atoms with Crippen LogP contribution in [-0.4, -0.2) is 119 Å². The third-order valence-corrected chi connectivity index (χ3v) is 9.49. The molecule has 1 aromatic carbocycles. The number of nitrogens with zero attached hydrogens (tertiary/aromatic N) is 3. The predicted octanol–water partition coefficient (Wildman–Crippen LogP) is 1.18. The summed E-state index contributed by atoms with van der Waals surface area (Å²) in [5.74, 6) is -3.80. The Morgan fingerprint density at radius 1 is 1.23 bits per heavy atom. The van der Waals surface area contributed by atoms with Gasteiger partial charge in [-0.15, -0.1) is 6.58 Å². The Hall–Kier alpha value is -2.79. The van der Waals surface area contributed by atoms with Crippen LogP contribution < -0.4 is 0 Å². The second kappa shape index (κ2) is 11.6. The molecule has 1 spiro atoms. The molecule has 10 heteroatoms. The fraction of sp³-hybridized carbons (Fsp3) is 0.633. The van der Waals surface area contributed by atoms with E-state index in [4.69, 9.17) is 9.47 Å². The molecule has 5 rings (SSSR count). The number of likely N-dealkylation sites (tertiary alicyclic amines) is 1. The van der Waals surface area contributed by atoms with Crippen LogP contribution in [0.1, 0.15) is 31.7 Å². The number of amides is 2. The summed E-state index contributed by atoms with van der Waals surface area (Å²) in [6, 6.07) is 7.76. The Balaban J connectivity index is 1.52. The van der Waals surface area contributed by atoms with E-state index in [9.17, 15) is 24.6 Å². The first-order chi connectivity index (χ1) is 19.3. The molecule has 0 aliphatic carbocycles. The van der Waals surface area contributed by atoms with E-state index in [0.717, 1.165) is 18.7 Å². The fourth-order valence-corrected chi connectivity index (χ4v) is 7.55. The lowest BCUT2D eigenvalue weighted by Crippen LogP contribution is -2.60. The summed E-state index contributed by atoms with van der Waals surface area (Å²) in [6.07, 6.45) is 3.34. The number of aliphatic hydroxyl groups is 1. The summed E-state index contributed by atoms with van der Waals surface area (Å²) in [7, 11) is 0. The van der Waals surface area contributed by atoms with Crippen LogP contribution in [0.15, 0.2) is 43.0 Å². The molecule has 0 aromatic heterocycles. The van der Waals surface area contributed by atoms with Gasteiger partial charge in [-0.2, -0.15) is 0 Å². The van der Waals surface area contributed by atoms with Gasteiger partial charge in [0, 0.05) is 32.7 Å². The number of carbonyl (C=O) groups is 3. The van der Waals surface area contributed by atoms with E-state index >= 15 is 0 Å². The van der Waals surface area contributed by atoms with Gasteiger partial charge in [0.1, 0.15) is 17.6 Å².